The van der Waals surface area contributed by atoms with Crippen LogP contribution >= 0.6 is 0 Å². The Hall–Kier alpha value is -3.81. The average molecular weight is 463 g/mol. The number of piperazine rings is 1. The molecule has 3 aromatic rings. The normalized spacial score (nSPS) is 14.4. The molecular weight excluding hydrogens is 432 g/mol. The van der Waals surface area contributed by atoms with E-state index < -0.39 is 6.10 Å². The molecule has 0 N–H and O–H groups in total. The maximum absolute atomic E-state index is 12.9. The van der Waals surface area contributed by atoms with Crippen molar-refractivity contribution in [3.8, 4) is 28.5 Å². The smallest absolute Gasteiger partial charge is 0.263 e. The molecule has 1 aliphatic rings. The molecule has 0 radical (unpaired) electrons. The van der Waals surface area contributed by atoms with Crippen molar-refractivity contribution < 1.29 is 19.0 Å². The van der Waals surface area contributed by atoms with E-state index in [9.17, 15) is 4.79 Å². The van der Waals surface area contributed by atoms with Crippen molar-refractivity contribution in [1.29, 1.82) is 0 Å². The van der Waals surface area contributed by atoms with Crippen molar-refractivity contribution in [2.45, 2.75) is 20.0 Å². The van der Waals surface area contributed by atoms with E-state index in [4.69, 9.17) is 14.2 Å². The highest BCUT2D eigenvalue weighted by molar-refractivity contribution is 5.81. The number of carbonyl (C=O) groups excluding carboxylic acids is 1. The first-order valence-electron chi connectivity index (χ1n) is 11.5. The number of carbonyl (C=O) groups is 1. The molecule has 34 heavy (non-hydrogen) atoms. The molecule has 1 unspecified atom stereocenters. The van der Waals surface area contributed by atoms with Crippen molar-refractivity contribution in [1.82, 2.24) is 15.1 Å². The summed E-state index contributed by atoms with van der Waals surface area (Å²) in [7, 11) is 1.64. The molecule has 0 aliphatic carbocycles. The van der Waals surface area contributed by atoms with Crippen LogP contribution in [0.15, 0.2) is 60.7 Å². The molecule has 2 heterocycles. The lowest BCUT2D eigenvalue weighted by atomic mass is 10.1. The van der Waals surface area contributed by atoms with Crippen LogP contribution in [0.1, 0.15) is 13.8 Å². The fourth-order valence-electron chi connectivity index (χ4n) is 3.88. The summed E-state index contributed by atoms with van der Waals surface area (Å²) in [6.45, 7) is 6.93. The lowest BCUT2D eigenvalue weighted by Crippen LogP contribution is -2.52. The molecule has 1 aliphatic heterocycles. The third kappa shape index (κ3) is 5.57. The molecular formula is C26H30N4O4. The zero-order chi connectivity index (χ0) is 23.9. The topological polar surface area (TPSA) is 77.0 Å². The number of methoxy groups -OCH3 is 1. The van der Waals surface area contributed by atoms with Gasteiger partial charge in [-0.3, -0.25) is 4.79 Å². The Morgan fingerprint density at radius 1 is 0.941 bits per heavy atom. The summed E-state index contributed by atoms with van der Waals surface area (Å²) >= 11 is 0. The summed E-state index contributed by atoms with van der Waals surface area (Å²) in [5, 5.41) is 8.80. The quantitative estimate of drug-likeness (QED) is 0.506. The van der Waals surface area contributed by atoms with Crippen LogP contribution in [0, 0.1) is 0 Å². The average Bonchev–Trinajstić information content (AvgIpc) is 2.90. The largest absolute Gasteiger partial charge is 0.497 e. The molecule has 178 valence electrons. The number of anilines is 1. The van der Waals surface area contributed by atoms with Crippen LogP contribution in [-0.4, -0.2) is 67.0 Å². The minimum Gasteiger partial charge on any atom is -0.497 e. The number of nitrogens with zero attached hydrogens (tertiary/aromatic N) is 4. The number of ether oxygens (including phenoxy) is 3. The first-order chi connectivity index (χ1) is 16.6. The van der Waals surface area contributed by atoms with E-state index >= 15 is 0 Å². The number of benzene rings is 2. The molecule has 1 aromatic heterocycles. The van der Waals surface area contributed by atoms with Crippen molar-refractivity contribution >= 4 is 11.7 Å². The molecule has 1 atom stereocenters. The number of hydrogen-bond acceptors (Lipinski definition) is 7. The molecule has 0 bridgehead atoms. The van der Waals surface area contributed by atoms with Gasteiger partial charge in [0.05, 0.1) is 19.4 Å². The number of rotatable bonds is 8. The minimum atomic E-state index is -0.563. The van der Waals surface area contributed by atoms with Crippen LogP contribution in [0.25, 0.3) is 11.3 Å². The first-order valence-corrected chi connectivity index (χ1v) is 11.5. The van der Waals surface area contributed by atoms with E-state index in [1.54, 1.807) is 14.0 Å². The van der Waals surface area contributed by atoms with Gasteiger partial charge in [0, 0.05) is 31.7 Å². The molecule has 8 heteroatoms. The number of amides is 1. The van der Waals surface area contributed by atoms with E-state index in [1.165, 1.54) is 0 Å². The zero-order valence-electron chi connectivity index (χ0n) is 19.8. The van der Waals surface area contributed by atoms with Crippen molar-refractivity contribution in [2.75, 3.05) is 44.8 Å². The van der Waals surface area contributed by atoms with Gasteiger partial charge in [0.2, 0.25) is 0 Å². The second-order valence-corrected chi connectivity index (χ2v) is 7.99. The lowest BCUT2D eigenvalue weighted by molar-refractivity contribution is -0.138. The number of aromatic nitrogens is 2. The summed E-state index contributed by atoms with van der Waals surface area (Å²) in [6.07, 6.45) is -0.563. The highest BCUT2D eigenvalue weighted by Gasteiger charge is 2.26. The summed E-state index contributed by atoms with van der Waals surface area (Å²) in [5.74, 6) is 2.99. The fraction of sp³-hybridized carbons (Fsp3) is 0.346. The Labute approximate surface area is 200 Å². The molecule has 1 amide bonds. The van der Waals surface area contributed by atoms with E-state index in [1.807, 2.05) is 72.5 Å². The van der Waals surface area contributed by atoms with Crippen molar-refractivity contribution in [3.05, 3.63) is 60.7 Å². The molecule has 0 spiro atoms. The van der Waals surface area contributed by atoms with E-state index in [0.717, 1.165) is 28.6 Å². The lowest BCUT2D eigenvalue weighted by Gasteiger charge is -2.36. The van der Waals surface area contributed by atoms with Gasteiger partial charge in [-0.15, -0.1) is 10.2 Å². The van der Waals surface area contributed by atoms with E-state index in [0.29, 0.717) is 38.5 Å². The van der Waals surface area contributed by atoms with E-state index in [2.05, 4.69) is 15.1 Å². The highest BCUT2D eigenvalue weighted by Crippen LogP contribution is 2.24. The molecule has 2 aromatic carbocycles. The zero-order valence-corrected chi connectivity index (χ0v) is 19.8. The summed E-state index contributed by atoms with van der Waals surface area (Å²) < 4.78 is 16.6. The van der Waals surface area contributed by atoms with Crippen LogP contribution in [0.2, 0.25) is 0 Å². The SMILES string of the molecule is CCOc1ccc(OC(C)C(=O)N2CCN(c3ccc(-c4cccc(OC)c4)nn3)CC2)cc1. The molecule has 1 fully saturated rings. The monoisotopic (exact) mass is 462 g/mol. The van der Waals surface area contributed by atoms with Gasteiger partial charge in [0.1, 0.15) is 17.2 Å². The molecule has 8 nitrogen and oxygen atoms in total. The Balaban J connectivity index is 1.30. The summed E-state index contributed by atoms with van der Waals surface area (Å²) in [4.78, 5) is 16.9. The van der Waals surface area contributed by atoms with Gasteiger partial charge in [0.15, 0.2) is 11.9 Å². The van der Waals surface area contributed by atoms with E-state index in [-0.39, 0.29) is 5.91 Å². The van der Waals surface area contributed by atoms with Gasteiger partial charge in [0.25, 0.3) is 5.91 Å². The third-order valence-corrected chi connectivity index (χ3v) is 5.73. The maximum atomic E-state index is 12.9. The van der Waals surface area contributed by atoms with Gasteiger partial charge >= 0.3 is 0 Å². The minimum absolute atomic E-state index is 0.0204. The predicted molar refractivity (Wildman–Crippen MR) is 131 cm³/mol. The first kappa shape index (κ1) is 23.4. The molecule has 1 saturated heterocycles. The second kappa shape index (κ2) is 10.9. The summed E-state index contributed by atoms with van der Waals surface area (Å²) in [5.41, 5.74) is 1.74. The standard InChI is InChI=1S/C26H30N4O4/c1-4-33-21-8-10-22(11-9-21)34-19(2)26(31)30-16-14-29(15-17-30)25-13-12-24(27-28-25)20-6-5-7-23(18-20)32-3/h5-13,18-19H,4,14-17H2,1-3H3. The summed E-state index contributed by atoms with van der Waals surface area (Å²) in [6, 6.07) is 19.0. The van der Waals surface area contributed by atoms with Gasteiger partial charge in [-0.25, -0.2) is 0 Å². The van der Waals surface area contributed by atoms with Crippen LogP contribution < -0.4 is 19.1 Å². The van der Waals surface area contributed by atoms with Gasteiger partial charge in [-0.1, -0.05) is 12.1 Å². The van der Waals surface area contributed by atoms with Gasteiger partial charge < -0.3 is 24.0 Å². The third-order valence-electron chi connectivity index (χ3n) is 5.73. The fourth-order valence-corrected chi connectivity index (χ4v) is 3.88. The Kier molecular flexibility index (Phi) is 7.47. The van der Waals surface area contributed by atoms with Crippen LogP contribution in [0.4, 0.5) is 5.82 Å². The van der Waals surface area contributed by atoms with Crippen molar-refractivity contribution in [3.63, 3.8) is 0 Å². The molecule has 0 saturated carbocycles. The maximum Gasteiger partial charge on any atom is 0.263 e. The Morgan fingerprint density at radius 3 is 2.32 bits per heavy atom. The van der Waals surface area contributed by atoms with Crippen molar-refractivity contribution in [2.24, 2.45) is 0 Å². The molecule has 4 rings (SSSR count). The van der Waals surface area contributed by atoms with Crippen LogP contribution in [0.3, 0.4) is 0 Å². The highest BCUT2D eigenvalue weighted by atomic mass is 16.5. The Bertz CT molecular complexity index is 1080. The van der Waals surface area contributed by atoms with Crippen LogP contribution in [-0.2, 0) is 4.79 Å². The number of hydrogen-bond donors (Lipinski definition) is 0. The van der Waals surface area contributed by atoms with Gasteiger partial charge in [-0.05, 0) is 62.4 Å². The van der Waals surface area contributed by atoms with Gasteiger partial charge in [-0.2, -0.15) is 0 Å². The predicted octanol–water partition coefficient (Wildman–Crippen LogP) is 3.67. The Morgan fingerprint density at radius 2 is 1.68 bits per heavy atom. The van der Waals surface area contributed by atoms with Crippen LogP contribution in [0.5, 0.6) is 17.2 Å². The second-order valence-electron chi connectivity index (χ2n) is 7.99.